The Bertz CT molecular complexity index is 1000. The van der Waals surface area contributed by atoms with E-state index in [4.69, 9.17) is 16.7 Å². The lowest BCUT2D eigenvalue weighted by Gasteiger charge is -2.12. The van der Waals surface area contributed by atoms with Crippen LogP contribution in [0.3, 0.4) is 0 Å². The molecule has 0 aromatic heterocycles. The zero-order valence-corrected chi connectivity index (χ0v) is 17.7. The Morgan fingerprint density at radius 1 is 1.07 bits per heavy atom. The normalized spacial score (nSPS) is 12.0. The Morgan fingerprint density at radius 3 is 2.50 bits per heavy atom. The minimum absolute atomic E-state index is 0.306. The molecule has 5 heteroatoms. The maximum absolute atomic E-state index is 11.1. The van der Waals surface area contributed by atoms with Crippen molar-refractivity contribution in [2.45, 2.75) is 25.9 Å². The van der Waals surface area contributed by atoms with E-state index >= 15 is 0 Å². The third-order valence-corrected chi connectivity index (χ3v) is 5.36. The smallest absolute Gasteiger partial charge is 0.335 e. The van der Waals surface area contributed by atoms with Crippen LogP contribution in [0.5, 0.6) is 0 Å². The molecule has 0 aliphatic carbocycles. The van der Waals surface area contributed by atoms with Crippen LogP contribution in [0.2, 0.25) is 5.02 Å². The first-order chi connectivity index (χ1) is 14.4. The van der Waals surface area contributed by atoms with Crippen LogP contribution in [0.25, 0.3) is 11.1 Å². The fourth-order valence-electron chi connectivity index (χ4n) is 3.46. The van der Waals surface area contributed by atoms with Gasteiger partial charge in [0.1, 0.15) is 0 Å². The van der Waals surface area contributed by atoms with E-state index in [2.05, 4.69) is 29.6 Å². The molecule has 3 rings (SSSR count). The van der Waals surface area contributed by atoms with Gasteiger partial charge in [0.2, 0.25) is 0 Å². The molecule has 0 aliphatic rings. The number of carbonyl (C=O) groups is 1. The van der Waals surface area contributed by atoms with Gasteiger partial charge in [-0.3, -0.25) is 0 Å². The molecule has 4 nitrogen and oxygen atoms in total. The molecule has 30 heavy (non-hydrogen) atoms. The van der Waals surface area contributed by atoms with Gasteiger partial charge < -0.3 is 15.5 Å². The second-order valence-corrected chi connectivity index (χ2v) is 7.85. The molecule has 1 atom stereocenters. The first kappa shape index (κ1) is 22.0. The highest BCUT2D eigenvalue weighted by Gasteiger charge is 2.08. The predicted octanol–water partition coefficient (Wildman–Crippen LogP) is 5.27. The fraction of sp³-hybridized carbons (Fsp3) is 0.240. The monoisotopic (exact) mass is 423 g/mol. The van der Waals surface area contributed by atoms with Gasteiger partial charge in [0.05, 0.1) is 11.7 Å². The van der Waals surface area contributed by atoms with Crippen LogP contribution in [0, 0.1) is 6.92 Å². The quantitative estimate of drug-likeness (QED) is 0.410. The molecule has 0 heterocycles. The maximum atomic E-state index is 11.1. The molecule has 0 radical (unpaired) electrons. The van der Waals surface area contributed by atoms with Gasteiger partial charge in [-0.15, -0.1) is 0 Å². The summed E-state index contributed by atoms with van der Waals surface area (Å²) in [4.78, 5) is 11.1. The first-order valence-electron chi connectivity index (χ1n) is 10.0. The number of hydrogen-bond acceptors (Lipinski definition) is 3. The van der Waals surface area contributed by atoms with Crippen molar-refractivity contribution in [3.63, 3.8) is 0 Å². The molecule has 3 aromatic carbocycles. The Kier molecular flexibility index (Phi) is 7.63. The van der Waals surface area contributed by atoms with Crippen molar-refractivity contribution < 1.29 is 15.0 Å². The van der Waals surface area contributed by atoms with Gasteiger partial charge in [-0.2, -0.15) is 0 Å². The summed E-state index contributed by atoms with van der Waals surface area (Å²) >= 11 is 5.96. The van der Waals surface area contributed by atoms with Crippen LogP contribution in [0.15, 0.2) is 66.7 Å². The summed E-state index contributed by atoms with van der Waals surface area (Å²) in [5.74, 6) is -0.909. The predicted molar refractivity (Wildman–Crippen MR) is 121 cm³/mol. The molecule has 3 N–H and O–H groups in total. The minimum Gasteiger partial charge on any atom is -0.478 e. The molecule has 0 bridgehead atoms. The number of carboxylic acids is 1. The first-order valence-corrected chi connectivity index (χ1v) is 10.4. The molecule has 0 amide bonds. The third kappa shape index (κ3) is 5.92. The summed E-state index contributed by atoms with van der Waals surface area (Å²) in [5, 5.41) is 23.2. The van der Waals surface area contributed by atoms with Gasteiger partial charge in [0.25, 0.3) is 0 Å². The highest BCUT2D eigenvalue weighted by Crippen LogP contribution is 2.25. The number of aliphatic hydroxyl groups is 1. The summed E-state index contributed by atoms with van der Waals surface area (Å²) in [6.45, 7) is 3.24. The van der Waals surface area contributed by atoms with E-state index in [0.717, 1.165) is 41.6 Å². The number of nitrogens with one attached hydrogen (secondary N) is 1. The summed E-state index contributed by atoms with van der Waals surface area (Å²) in [5.41, 5.74) is 5.44. The van der Waals surface area contributed by atoms with Gasteiger partial charge in [0, 0.05) is 11.6 Å². The van der Waals surface area contributed by atoms with Gasteiger partial charge in [-0.05, 0) is 78.4 Å². The number of benzene rings is 3. The number of carboxylic acid groups (broad SMARTS) is 1. The van der Waals surface area contributed by atoms with Crippen molar-refractivity contribution >= 4 is 17.6 Å². The molecule has 156 valence electrons. The third-order valence-electron chi connectivity index (χ3n) is 5.13. The van der Waals surface area contributed by atoms with Gasteiger partial charge >= 0.3 is 5.97 Å². The zero-order chi connectivity index (χ0) is 21.5. The Balaban J connectivity index is 1.46. The minimum atomic E-state index is -0.909. The summed E-state index contributed by atoms with van der Waals surface area (Å²) in [6.07, 6.45) is 1.34. The number of aryl methyl sites for hydroxylation is 2. The van der Waals surface area contributed by atoms with Gasteiger partial charge in [0.15, 0.2) is 0 Å². The molecular weight excluding hydrogens is 398 g/mol. The number of hydrogen-bond donors (Lipinski definition) is 3. The number of aliphatic hydroxyl groups excluding tert-OH is 1. The van der Waals surface area contributed by atoms with Crippen LogP contribution >= 0.6 is 11.6 Å². The molecule has 0 fully saturated rings. The standard InChI is InChI=1S/C25H26ClNO3/c1-17-14-21(25(29)30)11-12-23(17)19-9-7-18(8-10-19)4-3-13-27-16-24(28)20-5-2-6-22(26)15-20/h2,5-12,14-15,24,27-28H,3-4,13,16H2,1H3,(H,29,30)/t24-/m0/s1. The lowest BCUT2D eigenvalue weighted by Crippen LogP contribution is -2.22. The van der Waals surface area contributed by atoms with Crippen molar-refractivity contribution in [2.75, 3.05) is 13.1 Å². The van der Waals surface area contributed by atoms with Crippen LogP contribution in [-0.2, 0) is 6.42 Å². The molecular formula is C25H26ClNO3. The van der Waals surface area contributed by atoms with E-state index < -0.39 is 12.1 Å². The molecule has 0 unspecified atom stereocenters. The summed E-state index contributed by atoms with van der Waals surface area (Å²) in [7, 11) is 0. The van der Waals surface area contributed by atoms with Crippen LogP contribution < -0.4 is 5.32 Å². The molecule has 0 saturated carbocycles. The van der Waals surface area contributed by atoms with Crippen LogP contribution in [-0.4, -0.2) is 29.3 Å². The van der Waals surface area contributed by atoms with Crippen molar-refractivity contribution in [3.05, 3.63) is 94.0 Å². The van der Waals surface area contributed by atoms with Crippen molar-refractivity contribution in [1.82, 2.24) is 5.32 Å². The molecule has 0 spiro atoms. The fourth-order valence-corrected chi connectivity index (χ4v) is 3.66. The topological polar surface area (TPSA) is 69.6 Å². The largest absolute Gasteiger partial charge is 0.478 e. The molecule has 0 aliphatic heterocycles. The van der Waals surface area contributed by atoms with E-state index in [1.807, 2.05) is 25.1 Å². The zero-order valence-electron chi connectivity index (χ0n) is 16.9. The lowest BCUT2D eigenvalue weighted by atomic mass is 9.97. The Hall–Kier alpha value is -2.66. The van der Waals surface area contributed by atoms with E-state index in [1.165, 1.54) is 5.56 Å². The van der Waals surface area contributed by atoms with E-state index in [9.17, 15) is 9.90 Å². The second kappa shape index (κ2) is 10.4. The average Bonchev–Trinajstić information content (AvgIpc) is 2.74. The van der Waals surface area contributed by atoms with E-state index in [1.54, 1.807) is 24.3 Å². The number of halogens is 1. The summed E-state index contributed by atoms with van der Waals surface area (Å²) in [6, 6.07) is 20.9. The Morgan fingerprint density at radius 2 is 1.83 bits per heavy atom. The number of aromatic carboxylic acids is 1. The highest BCUT2D eigenvalue weighted by atomic mass is 35.5. The summed E-state index contributed by atoms with van der Waals surface area (Å²) < 4.78 is 0. The van der Waals surface area contributed by atoms with Crippen molar-refractivity contribution in [3.8, 4) is 11.1 Å². The van der Waals surface area contributed by atoms with E-state index in [-0.39, 0.29) is 0 Å². The van der Waals surface area contributed by atoms with Crippen molar-refractivity contribution in [1.29, 1.82) is 0 Å². The molecule has 0 saturated heterocycles. The van der Waals surface area contributed by atoms with Crippen LogP contribution in [0.4, 0.5) is 0 Å². The second-order valence-electron chi connectivity index (χ2n) is 7.41. The average molecular weight is 424 g/mol. The SMILES string of the molecule is Cc1cc(C(=O)O)ccc1-c1ccc(CCCNC[C@H](O)c2cccc(Cl)c2)cc1. The lowest BCUT2D eigenvalue weighted by molar-refractivity contribution is 0.0697. The maximum Gasteiger partial charge on any atom is 0.335 e. The Labute approximate surface area is 182 Å². The van der Waals surface area contributed by atoms with Gasteiger partial charge in [-0.1, -0.05) is 54.1 Å². The van der Waals surface area contributed by atoms with E-state index in [0.29, 0.717) is 17.1 Å². The van der Waals surface area contributed by atoms with Crippen molar-refractivity contribution in [2.24, 2.45) is 0 Å². The molecule has 3 aromatic rings. The van der Waals surface area contributed by atoms with Crippen LogP contribution in [0.1, 0.15) is 39.6 Å². The van der Waals surface area contributed by atoms with Gasteiger partial charge in [-0.25, -0.2) is 4.79 Å². The number of rotatable bonds is 9. The highest BCUT2D eigenvalue weighted by molar-refractivity contribution is 6.30.